The Labute approximate surface area is 364 Å². The van der Waals surface area contributed by atoms with Crippen molar-refractivity contribution in [1.29, 1.82) is 0 Å². The van der Waals surface area contributed by atoms with Gasteiger partial charge in [-0.25, -0.2) is 4.79 Å². The van der Waals surface area contributed by atoms with Crippen molar-refractivity contribution >= 4 is 58.2 Å². The van der Waals surface area contributed by atoms with Gasteiger partial charge in [-0.1, -0.05) is 77.1 Å². The standard InChI is InChI=1S/C43H68N12O7/c1-25(2)23-32(40(61)62)53-38(59)34(43(3,4)5)54-36(57)31(24-27-15-9-14-26-13-7-8-16-28(26)27)52-37(58)33-19-12-22-55(33)39(60)30(18-11-21-50-42(46)47)51-35(56)29(48-6)17-10-20-49-41(44)45/h7-9,13-16,25,29-34,48H,10-12,17-24H2,1-6H3,(H,51,56)(H,52,58)(H,53,59)(H,54,57)(H,61,62)(H4,44,45,49)(H4,46,47,50)/t29-,30-,31+,32-,33-,34+/m0/s1. The molecule has 2 aromatic carbocycles. The van der Waals surface area contributed by atoms with Crippen LogP contribution in [0, 0.1) is 11.3 Å². The highest BCUT2D eigenvalue weighted by Crippen LogP contribution is 2.24. The van der Waals surface area contributed by atoms with Crippen molar-refractivity contribution in [2.45, 2.75) is 122 Å². The quantitative estimate of drug-likeness (QED) is 0.0407. The highest BCUT2D eigenvalue weighted by atomic mass is 16.4. The first-order valence-electron chi connectivity index (χ1n) is 21.2. The summed E-state index contributed by atoms with van der Waals surface area (Å²) in [7, 11) is 1.63. The minimum Gasteiger partial charge on any atom is -0.480 e. The number of hydrogen-bond acceptors (Lipinski definition) is 9. The molecule has 0 saturated carbocycles. The molecule has 1 aliphatic heterocycles. The van der Waals surface area contributed by atoms with Gasteiger partial charge < -0.3 is 59.5 Å². The van der Waals surface area contributed by atoms with E-state index in [1.807, 2.05) is 56.3 Å². The number of amides is 5. The third-order valence-corrected chi connectivity index (χ3v) is 10.7. The fraction of sp³-hybridized carbons (Fsp3) is 0.581. The van der Waals surface area contributed by atoms with Crippen LogP contribution < -0.4 is 49.5 Å². The zero-order valence-electron chi connectivity index (χ0n) is 36.9. The summed E-state index contributed by atoms with van der Waals surface area (Å²) < 4.78 is 0. The Morgan fingerprint density at radius 3 is 1.94 bits per heavy atom. The van der Waals surface area contributed by atoms with Crippen molar-refractivity contribution in [3.8, 4) is 0 Å². The molecule has 0 spiro atoms. The molecular formula is C43H68N12O7. The summed E-state index contributed by atoms with van der Waals surface area (Å²) >= 11 is 0. The summed E-state index contributed by atoms with van der Waals surface area (Å²) in [5, 5.41) is 25.8. The number of nitrogens with two attached hydrogens (primary N) is 4. The van der Waals surface area contributed by atoms with Gasteiger partial charge in [-0.15, -0.1) is 0 Å². The van der Waals surface area contributed by atoms with E-state index in [1.165, 1.54) is 4.90 Å². The van der Waals surface area contributed by atoms with Gasteiger partial charge in [-0.2, -0.15) is 0 Å². The van der Waals surface area contributed by atoms with Crippen molar-refractivity contribution in [2.24, 2.45) is 44.3 Å². The van der Waals surface area contributed by atoms with Crippen LogP contribution >= 0.6 is 0 Å². The number of aliphatic carboxylic acids is 1. The molecule has 1 aliphatic rings. The molecule has 0 bridgehead atoms. The summed E-state index contributed by atoms with van der Waals surface area (Å²) in [5.74, 6) is -4.25. The lowest BCUT2D eigenvalue weighted by Gasteiger charge is -2.33. The van der Waals surface area contributed by atoms with Crippen LogP contribution in [-0.4, -0.2) is 120 Å². The van der Waals surface area contributed by atoms with Crippen LogP contribution in [0.25, 0.3) is 10.8 Å². The topological polar surface area (TPSA) is 315 Å². The number of likely N-dealkylation sites (N-methyl/N-ethyl adjacent to an activating group) is 1. The number of carboxylic acids is 1. The molecule has 0 radical (unpaired) electrons. The minimum atomic E-state index is -1.22. The molecule has 19 nitrogen and oxygen atoms in total. The average molecular weight is 865 g/mol. The number of carbonyl (C=O) groups is 6. The molecule has 5 amide bonds. The minimum absolute atomic E-state index is 0.0290. The lowest BCUT2D eigenvalue weighted by Crippen LogP contribution is -2.61. The Hall–Kier alpha value is -5.98. The van der Waals surface area contributed by atoms with Gasteiger partial charge in [0, 0.05) is 26.1 Å². The van der Waals surface area contributed by atoms with Crippen LogP contribution in [-0.2, 0) is 35.2 Å². The molecule has 2 aromatic rings. The monoisotopic (exact) mass is 865 g/mol. The maximum atomic E-state index is 14.4. The van der Waals surface area contributed by atoms with Gasteiger partial charge in [0.25, 0.3) is 0 Å². The molecular weight excluding hydrogens is 797 g/mol. The highest BCUT2D eigenvalue weighted by molar-refractivity contribution is 5.97. The summed E-state index contributed by atoms with van der Waals surface area (Å²) in [6.45, 7) is 9.65. The molecule has 14 N–H and O–H groups in total. The maximum Gasteiger partial charge on any atom is 0.326 e. The van der Waals surface area contributed by atoms with E-state index < -0.39 is 77.2 Å². The van der Waals surface area contributed by atoms with Gasteiger partial charge in [0.2, 0.25) is 29.5 Å². The van der Waals surface area contributed by atoms with E-state index >= 15 is 0 Å². The smallest absolute Gasteiger partial charge is 0.326 e. The maximum absolute atomic E-state index is 14.4. The number of aliphatic imine (C=N–C) groups is 2. The number of nitrogens with zero attached hydrogens (tertiary/aromatic N) is 3. The van der Waals surface area contributed by atoms with Gasteiger partial charge in [0.15, 0.2) is 11.9 Å². The molecule has 0 aromatic heterocycles. The van der Waals surface area contributed by atoms with Gasteiger partial charge >= 0.3 is 5.97 Å². The second-order valence-corrected chi connectivity index (χ2v) is 17.2. The van der Waals surface area contributed by atoms with E-state index in [0.717, 1.165) is 16.3 Å². The predicted molar refractivity (Wildman–Crippen MR) is 239 cm³/mol. The second-order valence-electron chi connectivity index (χ2n) is 17.2. The van der Waals surface area contributed by atoms with Crippen molar-refractivity contribution in [3.63, 3.8) is 0 Å². The lowest BCUT2D eigenvalue weighted by molar-refractivity contribution is -0.143. The molecule has 0 unspecified atom stereocenters. The average Bonchev–Trinajstić information content (AvgIpc) is 3.70. The van der Waals surface area contributed by atoms with Crippen molar-refractivity contribution in [2.75, 3.05) is 26.7 Å². The first-order chi connectivity index (χ1) is 29.2. The van der Waals surface area contributed by atoms with Gasteiger partial charge in [0.1, 0.15) is 30.2 Å². The molecule has 19 heteroatoms. The van der Waals surface area contributed by atoms with Crippen molar-refractivity contribution in [3.05, 3.63) is 48.0 Å². The first-order valence-corrected chi connectivity index (χ1v) is 21.2. The lowest BCUT2D eigenvalue weighted by atomic mass is 9.85. The Kier molecular flexibility index (Phi) is 19.4. The number of hydrogen-bond donors (Lipinski definition) is 10. The van der Waals surface area contributed by atoms with E-state index in [2.05, 4.69) is 36.6 Å². The van der Waals surface area contributed by atoms with Crippen LogP contribution in [0.2, 0.25) is 0 Å². The molecule has 6 atom stereocenters. The number of carboxylic acid groups (broad SMARTS) is 1. The number of fused-ring (bicyclic) bond motifs is 1. The second kappa shape index (κ2) is 23.9. The first kappa shape index (κ1) is 50.4. The van der Waals surface area contributed by atoms with Crippen LogP contribution in [0.3, 0.4) is 0 Å². The van der Waals surface area contributed by atoms with Gasteiger partial charge in [-0.3, -0.25) is 34.0 Å². The van der Waals surface area contributed by atoms with Crippen LogP contribution in [0.4, 0.5) is 0 Å². The Balaban J connectivity index is 1.94. The summed E-state index contributed by atoms with van der Waals surface area (Å²) in [6.07, 6.45) is 2.35. The Bertz CT molecular complexity index is 1920. The number of rotatable bonds is 23. The number of guanidine groups is 2. The van der Waals surface area contributed by atoms with E-state index in [1.54, 1.807) is 27.8 Å². The fourth-order valence-electron chi connectivity index (χ4n) is 7.48. The zero-order valence-corrected chi connectivity index (χ0v) is 36.9. The molecule has 1 saturated heterocycles. The largest absolute Gasteiger partial charge is 0.480 e. The van der Waals surface area contributed by atoms with Crippen molar-refractivity contribution in [1.82, 2.24) is 31.5 Å². The molecule has 342 valence electrons. The highest BCUT2D eigenvalue weighted by Gasteiger charge is 2.41. The molecule has 1 heterocycles. The predicted octanol–water partition coefficient (Wildman–Crippen LogP) is 0.184. The normalized spacial score (nSPS) is 16.3. The van der Waals surface area contributed by atoms with Crippen LogP contribution in [0.1, 0.15) is 85.1 Å². The van der Waals surface area contributed by atoms with E-state index in [4.69, 9.17) is 22.9 Å². The van der Waals surface area contributed by atoms with Crippen LogP contribution in [0.5, 0.6) is 0 Å². The molecule has 3 rings (SSSR count). The van der Waals surface area contributed by atoms with E-state index in [0.29, 0.717) is 32.2 Å². The van der Waals surface area contributed by atoms with E-state index in [9.17, 15) is 33.9 Å². The summed E-state index contributed by atoms with van der Waals surface area (Å²) in [4.78, 5) is 92.0. The Morgan fingerprint density at radius 2 is 1.35 bits per heavy atom. The van der Waals surface area contributed by atoms with Crippen molar-refractivity contribution < 1.29 is 33.9 Å². The van der Waals surface area contributed by atoms with Gasteiger partial charge in [0.05, 0.1) is 6.04 Å². The molecule has 62 heavy (non-hydrogen) atoms. The third kappa shape index (κ3) is 15.5. The summed E-state index contributed by atoms with van der Waals surface area (Å²) in [5.41, 5.74) is 21.8. The van der Waals surface area contributed by atoms with Crippen LogP contribution in [0.15, 0.2) is 52.4 Å². The van der Waals surface area contributed by atoms with Gasteiger partial charge in [-0.05, 0) is 79.7 Å². The summed E-state index contributed by atoms with van der Waals surface area (Å²) in [6, 6.07) is 6.96. The number of benzene rings is 2. The third-order valence-electron chi connectivity index (χ3n) is 10.7. The van der Waals surface area contributed by atoms with E-state index in [-0.39, 0.29) is 56.6 Å². The molecule has 0 aliphatic carbocycles. The Morgan fingerprint density at radius 1 is 0.774 bits per heavy atom. The SMILES string of the molecule is CN[C@@H](CCCN=C(N)N)C(=O)N[C@@H](CCCN=C(N)N)C(=O)N1CCC[C@H]1C(=O)N[C@H](Cc1cccc2ccccc12)C(=O)N[C@H](C(=O)N[C@@H](CC(C)C)C(=O)O)C(C)(C)C. The zero-order chi connectivity index (χ0) is 46.1. The number of carbonyl (C=O) groups excluding carboxylic acids is 5. The molecule has 1 fully saturated rings. The number of nitrogens with one attached hydrogen (secondary N) is 5. The number of likely N-dealkylation sites (tertiary alicyclic amines) is 1. The fourth-order valence-corrected chi connectivity index (χ4v) is 7.48.